The van der Waals surface area contributed by atoms with Gasteiger partial charge in [-0.25, -0.2) is 8.78 Å². The van der Waals surface area contributed by atoms with Crippen LogP contribution in [0.15, 0.2) is 30.5 Å². The second-order valence-corrected chi connectivity index (χ2v) is 7.74. The van der Waals surface area contributed by atoms with Crippen molar-refractivity contribution in [1.29, 1.82) is 5.26 Å². The van der Waals surface area contributed by atoms with Gasteiger partial charge in [0.25, 0.3) is 5.92 Å². The fourth-order valence-electron chi connectivity index (χ4n) is 3.57. The number of aryl methyl sites for hydroxylation is 1. The van der Waals surface area contributed by atoms with E-state index in [1.165, 1.54) is 6.92 Å². The molecule has 8 heteroatoms. The lowest BCUT2D eigenvalue weighted by molar-refractivity contribution is -0.114. The van der Waals surface area contributed by atoms with Crippen LogP contribution in [0, 0.1) is 23.7 Å². The summed E-state index contributed by atoms with van der Waals surface area (Å²) in [7, 11) is 5.31. The van der Waals surface area contributed by atoms with E-state index in [9.17, 15) is 18.8 Å². The van der Waals surface area contributed by atoms with Crippen molar-refractivity contribution in [3.05, 3.63) is 52.8 Å². The number of aldehydes is 1. The number of hydrogen-bond donors (Lipinski definition) is 2. The monoisotopic (exact) mass is 460 g/mol. The summed E-state index contributed by atoms with van der Waals surface area (Å²) in [5.74, 6) is -4.14. The summed E-state index contributed by atoms with van der Waals surface area (Å²) in [6.07, 6.45) is 1.62. The van der Waals surface area contributed by atoms with Crippen LogP contribution in [0.25, 0.3) is 0 Å². The summed E-state index contributed by atoms with van der Waals surface area (Å²) < 4.78 is 33.4. The molecule has 2 N–H and O–H groups in total. The number of nitrogens with zero attached hydrogens (tertiary/aromatic N) is 2. The fourth-order valence-corrected chi connectivity index (χ4v) is 3.57. The van der Waals surface area contributed by atoms with E-state index in [1.54, 1.807) is 44.5 Å². The number of aromatic nitrogens is 1. The summed E-state index contributed by atoms with van der Waals surface area (Å²) in [6.45, 7) is 8.86. The zero-order valence-corrected chi connectivity index (χ0v) is 20.6. The molecule has 0 spiro atoms. The molecule has 3 rings (SSSR count). The molecule has 1 aromatic heterocycles. The second kappa shape index (κ2) is 11.8. The molecule has 1 heterocycles. The minimum atomic E-state index is -3.03. The summed E-state index contributed by atoms with van der Waals surface area (Å²) in [4.78, 5) is 15.3. The highest BCUT2D eigenvalue weighted by molar-refractivity contribution is 5.72. The minimum absolute atomic E-state index is 0.337. The van der Waals surface area contributed by atoms with E-state index in [2.05, 4.69) is 21.7 Å². The Kier molecular flexibility index (Phi) is 10.1. The number of hydrogen-bond acceptors (Lipinski definition) is 6. The van der Waals surface area contributed by atoms with Crippen molar-refractivity contribution in [3.8, 4) is 6.07 Å². The van der Waals surface area contributed by atoms with Gasteiger partial charge in [-0.3, -0.25) is 4.98 Å². The van der Waals surface area contributed by atoms with Crippen molar-refractivity contribution >= 4 is 17.7 Å². The molecule has 0 aliphatic heterocycles. The van der Waals surface area contributed by atoms with E-state index in [4.69, 9.17) is 4.74 Å². The predicted octanol–water partition coefficient (Wildman–Crippen LogP) is 5.51. The third-order valence-electron chi connectivity index (χ3n) is 5.55. The number of pyridine rings is 1. The first kappa shape index (κ1) is 28.1. The Hall–Kier alpha value is -2.89. The van der Waals surface area contributed by atoms with Gasteiger partial charge in [0.2, 0.25) is 0 Å². The number of anilines is 2. The van der Waals surface area contributed by atoms with E-state index in [-0.39, 0.29) is 6.10 Å². The van der Waals surface area contributed by atoms with Gasteiger partial charge in [0.15, 0.2) is 0 Å². The maximum atomic E-state index is 14.0. The van der Waals surface area contributed by atoms with E-state index >= 15 is 0 Å². The Morgan fingerprint density at radius 1 is 1.24 bits per heavy atom. The molecule has 1 saturated carbocycles. The first-order valence-corrected chi connectivity index (χ1v) is 10.8. The maximum Gasteiger partial charge on any atom is 0.268 e. The molecular weight excluding hydrogens is 426 g/mol. The lowest BCUT2D eigenvalue weighted by atomic mass is 10.0. The SMILES string of the molecule is CC.CNC.COC(C)c1c(Nc2ccc(C3C(F)(F)C3(C)C=O)cc2)cnc(C)c1C#N. The van der Waals surface area contributed by atoms with Crippen LogP contribution < -0.4 is 10.6 Å². The number of carbonyl (C=O) groups excluding carboxylic acids is 1. The highest BCUT2D eigenvalue weighted by atomic mass is 19.3. The fraction of sp³-hybridized carbons (Fsp3) is 0.480. The third kappa shape index (κ3) is 5.55. The molecular formula is C25H34F2N4O2. The van der Waals surface area contributed by atoms with Gasteiger partial charge in [-0.2, -0.15) is 5.26 Å². The van der Waals surface area contributed by atoms with Crippen LogP contribution in [-0.2, 0) is 9.53 Å². The predicted molar refractivity (Wildman–Crippen MR) is 127 cm³/mol. The van der Waals surface area contributed by atoms with Crippen LogP contribution in [0.5, 0.6) is 0 Å². The van der Waals surface area contributed by atoms with Gasteiger partial charge < -0.3 is 20.2 Å². The Morgan fingerprint density at radius 3 is 2.21 bits per heavy atom. The van der Waals surface area contributed by atoms with Gasteiger partial charge >= 0.3 is 0 Å². The normalized spacial score (nSPS) is 20.7. The Balaban J connectivity index is 0.00000101. The van der Waals surface area contributed by atoms with E-state index < -0.39 is 17.3 Å². The largest absolute Gasteiger partial charge is 0.377 e. The van der Waals surface area contributed by atoms with Crippen molar-refractivity contribution in [2.45, 2.75) is 52.6 Å². The number of nitriles is 1. The molecule has 0 radical (unpaired) electrons. The quantitative estimate of drug-likeness (QED) is 0.553. The molecule has 0 bridgehead atoms. The summed E-state index contributed by atoms with van der Waals surface area (Å²) >= 11 is 0. The van der Waals surface area contributed by atoms with Crippen LogP contribution in [-0.4, -0.2) is 38.4 Å². The lowest BCUT2D eigenvalue weighted by Gasteiger charge is -2.19. The third-order valence-corrected chi connectivity index (χ3v) is 5.55. The Morgan fingerprint density at radius 2 is 1.79 bits per heavy atom. The molecule has 6 nitrogen and oxygen atoms in total. The summed E-state index contributed by atoms with van der Waals surface area (Å²) in [5, 5.41) is 15.4. The number of methoxy groups -OCH3 is 1. The zero-order chi connectivity index (χ0) is 25.4. The molecule has 3 atom stereocenters. The van der Waals surface area contributed by atoms with Gasteiger partial charge in [-0.1, -0.05) is 26.0 Å². The van der Waals surface area contributed by atoms with Crippen molar-refractivity contribution in [2.24, 2.45) is 5.41 Å². The number of nitrogens with one attached hydrogen (secondary N) is 2. The minimum Gasteiger partial charge on any atom is -0.377 e. The van der Waals surface area contributed by atoms with Crippen LogP contribution >= 0.6 is 0 Å². The van der Waals surface area contributed by atoms with Gasteiger partial charge in [0.1, 0.15) is 12.4 Å². The number of benzene rings is 1. The highest BCUT2D eigenvalue weighted by Gasteiger charge is 2.78. The Bertz CT molecular complexity index is 974. The number of halogens is 2. The Labute approximate surface area is 195 Å². The van der Waals surface area contributed by atoms with Crippen LogP contribution in [0.1, 0.15) is 62.1 Å². The van der Waals surface area contributed by atoms with Gasteiger partial charge in [-0.15, -0.1) is 0 Å². The van der Waals surface area contributed by atoms with Gasteiger partial charge in [-0.05, 0) is 52.6 Å². The van der Waals surface area contributed by atoms with Crippen molar-refractivity contribution in [2.75, 3.05) is 26.5 Å². The first-order valence-electron chi connectivity index (χ1n) is 10.8. The van der Waals surface area contributed by atoms with Gasteiger partial charge in [0, 0.05) is 18.4 Å². The maximum absolute atomic E-state index is 14.0. The topological polar surface area (TPSA) is 87.0 Å². The van der Waals surface area contributed by atoms with Crippen LogP contribution in [0.2, 0.25) is 0 Å². The second-order valence-electron chi connectivity index (χ2n) is 7.74. The van der Waals surface area contributed by atoms with E-state index in [0.717, 1.165) is 0 Å². The van der Waals surface area contributed by atoms with Crippen LogP contribution in [0.3, 0.4) is 0 Å². The molecule has 2 aromatic rings. The van der Waals surface area contributed by atoms with E-state index in [0.29, 0.717) is 40.0 Å². The average Bonchev–Trinajstić information content (AvgIpc) is 3.28. The van der Waals surface area contributed by atoms with Crippen LogP contribution in [0.4, 0.5) is 20.2 Å². The number of rotatable bonds is 6. The summed E-state index contributed by atoms with van der Waals surface area (Å²) in [5.41, 5.74) is 1.75. The van der Waals surface area contributed by atoms with Crippen molar-refractivity contribution in [3.63, 3.8) is 0 Å². The summed E-state index contributed by atoms with van der Waals surface area (Å²) in [6, 6.07) is 8.67. The lowest BCUT2D eigenvalue weighted by Crippen LogP contribution is -2.07. The molecule has 1 fully saturated rings. The number of carbonyl (C=O) groups is 1. The number of alkyl halides is 2. The standard InChI is InChI=1S/C21H21F2N3O2.C2H7N.C2H6/c1-12-16(9-24)18(13(2)28-4)17(10-25-12)26-15-7-5-14(6-8-15)19-20(3,11-27)21(19,22)23;1-3-2;1-2/h5-8,10-11,13,19,26H,1-4H3;3H,1-2H3;1-2H3. The van der Waals surface area contributed by atoms with Crippen molar-refractivity contribution < 1.29 is 18.3 Å². The van der Waals surface area contributed by atoms with Gasteiger partial charge in [0.05, 0.1) is 40.6 Å². The van der Waals surface area contributed by atoms with E-state index in [1.807, 2.05) is 34.9 Å². The molecule has 0 amide bonds. The molecule has 3 unspecified atom stereocenters. The molecule has 0 saturated heterocycles. The zero-order valence-electron chi connectivity index (χ0n) is 20.6. The molecule has 1 aliphatic carbocycles. The first-order chi connectivity index (χ1) is 15.6. The molecule has 1 aromatic carbocycles. The van der Waals surface area contributed by atoms with Crippen molar-refractivity contribution in [1.82, 2.24) is 10.3 Å². The number of ether oxygens (including phenoxy) is 1. The average molecular weight is 461 g/mol. The molecule has 180 valence electrons. The molecule has 33 heavy (non-hydrogen) atoms. The molecule has 1 aliphatic rings. The highest BCUT2D eigenvalue weighted by Crippen LogP contribution is 2.69. The smallest absolute Gasteiger partial charge is 0.268 e.